The molecule has 0 aromatic carbocycles. The maximum atomic E-state index is 11.5. The van der Waals surface area contributed by atoms with Crippen LogP contribution in [0.3, 0.4) is 0 Å². The lowest BCUT2D eigenvalue weighted by Gasteiger charge is -2.28. The molecule has 1 rings (SSSR count). The number of amides is 1. The summed E-state index contributed by atoms with van der Waals surface area (Å²) < 4.78 is 0. The Kier molecular flexibility index (Phi) is 4.22. The van der Waals surface area contributed by atoms with Crippen LogP contribution in [0.5, 0.6) is 0 Å². The zero-order valence-electron chi connectivity index (χ0n) is 8.60. The molecule has 1 heterocycles. The number of carbonyl (C=O) groups is 1. The fourth-order valence-corrected chi connectivity index (χ4v) is 1.82. The van der Waals surface area contributed by atoms with Crippen molar-refractivity contribution >= 4 is 5.91 Å². The van der Waals surface area contributed by atoms with E-state index in [1.54, 1.807) is 0 Å². The highest BCUT2D eigenvalue weighted by atomic mass is 16.1. The van der Waals surface area contributed by atoms with Crippen molar-refractivity contribution in [3.05, 3.63) is 0 Å². The maximum Gasteiger partial charge on any atom is 0.224 e. The molecule has 0 radical (unpaired) electrons. The highest BCUT2D eigenvalue weighted by Crippen LogP contribution is 2.14. The highest BCUT2D eigenvalue weighted by Gasteiger charge is 2.24. The number of carbonyl (C=O) groups excluding carboxylic acids is 1. The first-order chi connectivity index (χ1) is 6.25. The van der Waals surface area contributed by atoms with Crippen LogP contribution >= 0.6 is 0 Å². The van der Waals surface area contributed by atoms with E-state index in [0.717, 1.165) is 19.5 Å². The third-order valence-electron chi connectivity index (χ3n) is 2.72. The lowest BCUT2D eigenvalue weighted by Crippen LogP contribution is -2.45. The molecular weight excluding hydrogens is 164 g/mol. The van der Waals surface area contributed by atoms with E-state index in [9.17, 15) is 4.79 Å². The van der Waals surface area contributed by atoms with Crippen molar-refractivity contribution in [3.63, 3.8) is 0 Å². The van der Waals surface area contributed by atoms with Gasteiger partial charge in [-0.2, -0.15) is 0 Å². The molecule has 0 aromatic rings. The second kappa shape index (κ2) is 5.22. The van der Waals surface area contributed by atoms with E-state index in [1.165, 1.54) is 12.8 Å². The number of piperidine rings is 1. The minimum absolute atomic E-state index is 0.111. The summed E-state index contributed by atoms with van der Waals surface area (Å²) >= 11 is 0. The Morgan fingerprint density at radius 3 is 2.92 bits per heavy atom. The molecule has 1 fully saturated rings. The molecule has 2 N–H and O–H groups in total. The minimum atomic E-state index is 0.111. The fourth-order valence-electron chi connectivity index (χ4n) is 1.82. The van der Waals surface area contributed by atoms with Crippen molar-refractivity contribution in [3.8, 4) is 0 Å². The molecule has 1 aliphatic rings. The summed E-state index contributed by atoms with van der Waals surface area (Å²) in [5, 5.41) is 6.26. The molecule has 3 heteroatoms. The van der Waals surface area contributed by atoms with Crippen LogP contribution in [0.4, 0.5) is 0 Å². The lowest BCUT2D eigenvalue weighted by molar-refractivity contribution is -0.125. The van der Waals surface area contributed by atoms with Crippen molar-refractivity contribution in [2.24, 2.45) is 5.92 Å². The van der Waals surface area contributed by atoms with Crippen molar-refractivity contribution in [2.45, 2.75) is 39.2 Å². The Bertz CT molecular complexity index is 164. The van der Waals surface area contributed by atoms with Crippen LogP contribution in [-0.4, -0.2) is 25.0 Å². The van der Waals surface area contributed by atoms with Gasteiger partial charge in [0, 0.05) is 12.6 Å². The predicted molar refractivity (Wildman–Crippen MR) is 53.5 cm³/mol. The molecule has 0 aliphatic carbocycles. The van der Waals surface area contributed by atoms with Crippen molar-refractivity contribution in [1.82, 2.24) is 10.6 Å². The average Bonchev–Trinajstić information content (AvgIpc) is 2.18. The monoisotopic (exact) mass is 184 g/mol. The predicted octanol–water partition coefficient (Wildman–Crippen LogP) is 0.901. The Balaban J connectivity index is 2.35. The summed E-state index contributed by atoms with van der Waals surface area (Å²) in [6.07, 6.45) is 3.64. The molecule has 0 bridgehead atoms. The van der Waals surface area contributed by atoms with Gasteiger partial charge in [0.2, 0.25) is 5.91 Å². The van der Waals surface area contributed by atoms with Crippen LogP contribution in [-0.2, 0) is 4.79 Å². The van der Waals surface area contributed by atoms with Crippen LogP contribution in [0.2, 0.25) is 0 Å². The highest BCUT2D eigenvalue weighted by molar-refractivity contribution is 5.78. The van der Waals surface area contributed by atoms with Crippen LogP contribution in [0.15, 0.2) is 0 Å². The molecule has 1 saturated heterocycles. The molecule has 3 nitrogen and oxygen atoms in total. The summed E-state index contributed by atoms with van der Waals surface area (Å²) in [6, 6.07) is 0.389. The van der Waals surface area contributed by atoms with E-state index in [-0.39, 0.29) is 11.8 Å². The molecular formula is C10H20N2O. The molecule has 2 atom stereocenters. The third-order valence-corrected chi connectivity index (χ3v) is 2.72. The summed E-state index contributed by atoms with van der Waals surface area (Å²) in [4.78, 5) is 11.5. The lowest BCUT2D eigenvalue weighted by atomic mass is 9.93. The van der Waals surface area contributed by atoms with E-state index in [0.29, 0.717) is 6.04 Å². The summed E-state index contributed by atoms with van der Waals surface area (Å²) in [7, 11) is 0. The van der Waals surface area contributed by atoms with Crippen molar-refractivity contribution < 1.29 is 4.79 Å². The van der Waals surface area contributed by atoms with E-state index >= 15 is 0 Å². The molecule has 1 amide bonds. The van der Waals surface area contributed by atoms with Gasteiger partial charge in [-0.3, -0.25) is 4.79 Å². The van der Waals surface area contributed by atoms with Gasteiger partial charge in [0.25, 0.3) is 0 Å². The zero-order chi connectivity index (χ0) is 9.68. The first-order valence-electron chi connectivity index (χ1n) is 5.26. The van der Waals surface area contributed by atoms with Gasteiger partial charge < -0.3 is 10.6 Å². The quantitative estimate of drug-likeness (QED) is 0.684. The largest absolute Gasteiger partial charge is 0.356 e. The van der Waals surface area contributed by atoms with Gasteiger partial charge in [-0.25, -0.2) is 0 Å². The first kappa shape index (κ1) is 10.5. The zero-order valence-corrected chi connectivity index (χ0v) is 8.60. The van der Waals surface area contributed by atoms with E-state index in [2.05, 4.69) is 10.6 Å². The third kappa shape index (κ3) is 2.99. The molecule has 76 valence electrons. The Morgan fingerprint density at radius 1 is 1.62 bits per heavy atom. The minimum Gasteiger partial charge on any atom is -0.356 e. The Morgan fingerprint density at radius 2 is 2.38 bits per heavy atom. The number of rotatable bonds is 3. The molecule has 0 aromatic heterocycles. The Hall–Kier alpha value is -0.570. The van der Waals surface area contributed by atoms with Gasteiger partial charge in [0.1, 0.15) is 0 Å². The van der Waals surface area contributed by atoms with E-state index in [1.807, 2.05) is 13.8 Å². The molecule has 0 spiro atoms. The van der Waals surface area contributed by atoms with Gasteiger partial charge in [0.15, 0.2) is 0 Å². The standard InChI is InChI=1S/C10H20N2O/c1-3-11-10(13)8(2)9-6-4-5-7-12-9/h8-9,12H,3-7H2,1-2H3,(H,11,13)/t8-,9+/m0/s1. The van der Waals surface area contributed by atoms with Crippen LogP contribution in [0.1, 0.15) is 33.1 Å². The van der Waals surface area contributed by atoms with E-state index in [4.69, 9.17) is 0 Å². The van der Waals surface area contributed by atoms with Crippen LogP contribution in [0.25, 0.3) is 0 Å². The molecule has 13 heavy (non-hydrogen) atoms. The maximum absolute atomic E-state index is 11.5. The topological polar surface area (TPSA) is 41.1 Å². The van der Waals surface area contributed by atoms with Gasteiger partial charge >= 0.3 is 0 Å². The summed E-state index contributed by atoms with van der Waals surface area (Å²) in [5.41, 5.74) is 0. The van der Waals surface area contributed by atoms with Crippen LogP contribution < -0.4 is 10.6 Å². The average molecular weight is 184 g/mol. The summed E-state index contributed by atoms with van der Waals surface area (Å²) in [5.74, 6) is 0.294. The Labute approximate surface area is 80.3 Å². The first-order valence-corrected chi connectivity index (χ1v) is 5.26. The number of nitrogens with one attached hydrogen (secondary N) is 2. The van der Waals surface area contributed by atoms with Gasteiger partial charge in [-0.15, -0.1) is 0 Å². The number of hydrogen-bond donors (Lipinski definition) is 2. The molecule has 1 aliphatic heterocycles. The second-order valence-electron chi connectivity index (χ2n) is 3.74. The van der Waals surface area contributed by atoms with Gasteiger partial charge in [-0.1, -0.05) is 13.3 Å². The van der Waals surface area contributed by atoms with Gasteiger partial charge in [-0.05, 0) is 26.3 Å². The van der Waals surface area contributed by atoms with Crippen molar-refractivity contribution in [2.75, 3.05) is 13.1 Å². The van der Waals surface area contributed by atoms with Crippen molar-refractivity contribution in [1.29, 1.82) is 0 Å². The number of hydrogen-bond acceptors (Lipinski definition) is 2. The molecule has 0 saturated carbocycles. The van der Waals surface area contributed by atoms with Gasteiger partial charge in [0.05, 0.1) is 5.92 Å². The van der Waals surface area contributed by atoms with Crippen LogP contribution in [0, 0.1) is 5.92 Å². The summed E-state index contributed by atoms with van der Waals surface area (Å²) in [6.45, 7) is 5.76. The molecule has 0 unspecified atom stereocenters. The smallest absolute Gasteiger partial charge is 0.224 e. The SMILES string of the molecule is CCNC(=O)[C@@H](C)[C@H]1CCCCN1. The van der Waals surface area contributed by atoms with E-state index < -0.39 is 0 Å². The second-order valence-corrected chi connectivity index (χ2v) is 3.74. The fraction of sp³-hybridized carbons (Fsp3) is 0.900. The normalized spacial score (nSPS) is 25.2.